The minimum Gasteiger partial charge on any atom is -0.349 e. The molecule has 2 aromatic rings. The summed E-state index contributed by atoms with van der Waals surface area (Å²) in [6.07, 6.45) is -2.13. The summed E-state index contributed by atoms with van der Waals surface area (Å²) >= 11 is 0. The van der Waals surface area contributed by atoms with E-state index in [1.807, 2.05) is 31.2 Å². The van der Waals surface area contributed by atoms with Crippen LogP contribution in [0.4, 0.5) is 13.2 Å². The molecular formula is C24H27F3N2O3S. The molecule has 0 radical (unpaired) electrons. The topological polar surface area (TPSA) is 66.5 Å². The molecule has 1 saturated heterocycles. The summed E-state index contributed by atoms with van der Waals surface area (Å²) in [6, 6.07) is 12.2. The van der Waals surface area contributed by atoms with Gasteiger partial charge in [-0.15, -0.1) is 0 Å². The number of piperidine rings is 1. The second-order valence-corrected chi connectivity index (χ2v) is 10.8. The fraction of sp³-hybridized carbons (Fsp3) is 0.458. The fourth-order valence-electron chi connectivity index (χ4n) is 4.37. The van der Waals surface area contributed by atoms with Crippen LogP contribution in [0.3, 0.4) is 0 Å². The number of hydrogen-bond donors (Lipinski definition) is 1. The molecule has 1 heterocycles. The highest BCUT2D eigenvalue weighted by Gasteiger charge is 2.41. The second-order valence-electron chi connectivity index (χ2n) is 8.91. The van der Waals surface area contributed by atoms with Crippen LogP contribution in [-0.4, -0.2) is 31.7 Å². The molecule has 0 bridgehead atoms. The molecule has 0 spiro atoms. The lowest BCUT2D eigenvalue weighted by molar-refractivity contribution is -0.139. The molecule has 1 unspecified atom stereocenters. The Morgan fingerprint density at radius 2 is 1.61 bits per heavy atom. The van der Waals surface area contributed by atoms with Gasteiger partial charge in [0.05, 0.1) is 16.5 Å². The molecule has 1 aliphatic carbocycles. The predicted molar refractivity (Wildman–Crippen MR) is 118 cm³/mol. The van der Waals surface area contributed by atoms with Gasteiger partial charge >= 0.3 is 6.18 Å². The van der Waals surface area contributed by atoms with Crippen LogP contribution in [-0.2, 0) is 21.0 Å². The van der Waals surface area contributed by atoms with Crippen molar-refractivity contribution < 1.29 is 26.4 Å². The number of carbonyl (C=O) groups excluding carboxylic acids is 1. The van der Waals surface area contributed by atoms with E-state index in [0.717, 1.165) is 40.4 Å². The number of nitrogens with zero attached hydrogens (tertiary/aromatic N) is 1. The molecule has 2 aliphatic rings. The molecule has 9 heteroatoms. The molecule has 0 aromatic heterocycles. The summed E-state index contributed by atoms with van der Waals surface area (Å²) in [5, 5.41) is 3.14. The van der Waals surface area contributed by atoms with E-state index in [2.05, 4.69) is 5.32 Å². The molecule has 5 nitrogen and oxygen atoms in total. The molecule has 33 heavy (non-hydrogen) atoms. The molecular weight excluding hydrogens is 453 g/mol. The van der Waals surface area contributed by atoms with Crippen LogP contribution >= 0.6 is 0 Å². The number of halogens is 3. The lowest BCUT2D eigenvalue weighted by atomic mass is 9.95. The van der Waals surface area contributed by atoms with E-state index in [9.17, 15) is 26.4 Å². The van der Waals surface area contributed by atoms with Gasteiger partial charge < -0.3 is 5.32 Å². The van der Waals surface area contributed by atoms with E-state index in [1.165, 1.54) is 12.1 Å². The molecule has 1 atom stereocenters. The SMILES string of the molecule is Cc1ccc(C(NC(=O)C2CCN(S(=O)(=O)c3ccccc3C(F)(F)F)CC2)C2CC2)cc1. The van der Waals surface area contributed by atoms with E-state index < -0.39 is 26.7 Å². The third-order valence-corrected chi connectivity index (χ3v) is 8.42. The molecule has 1 N–H and O–H groups in total. The van der Waals surface area contributed by atoms with Gasteiger partial charge in [0.1, 0.15) is 0 Å². The Hall–Kier alpha value is -2.39. The standard InChI is InChI=1S/C24H27F3N2O3S/c1-16-6-8-17(9-7-16)22(18-10-11-18)28-23(30)19-12-14-29(15-13-19)33(31,32)21-5-3-2-4-20(21)24(25,26)27/h2-9,18-19,22H,10-15H2,1H3,(H,28,30). The van der Waals surface area contributed by atoms with E-state index in [4.69, 9.17) is 0 Å². The van der Waals surface area contributed by atoms with Crippen LogP contribution in [0.25, 0.3) is 0 Å². The fourth-order valence-corrected chi connectivity index (χ4v) is 6.05. The minimum atomic E-state index is -4.77. The average molecular weight is 481 g/mol. The zero-order valence-corrected chi connectivity index (χ0v) is 19.1. The van der Waals surface area contributed by atoms with Crippen molar-refractivity contribution in [3.63, 3.8) is 0 Å². The van der Waals surface area contributed by atoms with Gasteiger partial charge in [0.25, 0.3) is 0 Å². The molecule has 2 fully saturated rings. The number of aryl methyl sites for hydroxylation is 1. The predicted octanol–water partition coefficient (Wildman–Crippen LogP) is 4.68. The molecule has 1 saturated carbocycles. The van der Waals surface area contributed by atoms with Gasteiger partial charge in [-0.25, -0.2) is 8.42 Å². The third kappa shape index (κ3) is 5.24. The quantitative estimate of drug-likeness (QED) is 0.653. The first-order chi connectivity index (χ1) is 15.6. The van der Waals surface area contributed by atoms with Crippen molar-refractivity contribution in [1.82, 2.24) is 9.62 Å². The number of nitrogens with one attached hydrogen (secondary N) is 1. The van der Waals surface area contributed by atoms with Gasteiger partial charge in [0.15, 0.2) is 0 Å². The first-order valence-electron chi connectivity index (χ1n) is 11.1. The maximum atomic E-state index is 13.3. The van der Waals surface area contributed by atoms with Crippen molar-refractivity contribution in [2.24, 2.45) is 11.8 Å². The van der Waals surface area contributed by atoms with Crippen LogP contribution in [0.1, 0.15) is 48.4 Å². The first kappa shape index (κ1) is 23.8. The van der Waals surface area contributed by atoms with Crippen LogP contribution in [0, 0.1) is 18.8 Å². The van der Waals surface area contributed by atoms with Crippen LogP contribution in [0.5, 0.6) is 0 Å². The van der Waals surface area contributed by atoms with Crippen molar-refractivity contribution >= 4 is 15.9 Å². The first-order valence-corrected chi connectivity index (χ1v) is 12.5. The summed E-state index contributed by atoms with van der Waals surface area (Å²) in [5.41, 5.74) is 1.02. The van der Waals surface area contributed by atoms with Gasteiger partial charge in [-0.05, 0) is 56.2 Å². The number of benzene rings is 2. The highest BCUT2D eigenvalue weighted by Crippen LogP contribution is 2.41. The Labute approximate surface area is 192 Å². The largest absolute Gasteiger partial charge is 0.417 e. The van der Waals surface area contributed by atoms with Crippen molar-refractivity contribution in [1.29, 1.82) is 0 Å². The Bertz CT molecular complexity index is 1100. The summed E-state index contributed by atoms with van der Waals surface area (Å²) < 4.78 is 66.9. The number of alkyl halides is 3. The van der Waals surface area contributed by atoms with E-state index in [0.29, 0.717) is 5.92 Å². The third-order valence-electron chi connectivity index (χ3n) is 6.46. The molecule has 1 amide bonds. The smallest absolute Gasteiger partial charge is 0.349 e. The highest BCUT2D eigenvalue weighted by molar-refractivity contribution is 7.89. The lowest BCUT2D eigenvalue weighted by Gasteiger charge is -2.32. The van der Waals surface area contributed by atoms with Crippen molar-refractivity contribution in [3.8, 4) is 0 Å². The summed E-state index contributed by atoms with van der Waals surface area (Å²) in [7, 11) is -4.32. The summed E-state index contributed by atoms with van der Waals surface area (Å²) in [5.74, 6) is -0.0998. The zero-order valence-electron chi connectivity index (χ0n) is 18.3. The van der Waals surface area contributed by atoms with Crippen LogP contribution in [0.15, 0.2) is 53.4 Å². The molecule has 178 valence electrons. The Balaban J connectivity index is 1.42. The average Bonchev–Trinajstić information content (AvgIpc) is 3.63. The number of hydrogen-bond acceptors (Lipinski definition) is 3. The van der Waals surface area contributed by atoms with Crippen molar-refractivity contribution in [2.75, 3.05) is 13.1 Å². The molecule has 1 aliphatic heterocycles. The van der Waals surface area contributed by atoms with E-state index in [1.54, 1.807) is 0 Å². The number of rotatable bonds is 6. The van der Waals surface area contributed by atoms with Gasteiger partial charge in [0, 0.05) is 19.0 Å². The summed E-state index contributed by atoms with van der Waals surface area (Å²) in [6.45, 7) is 2.01. The lowest BCUT2D eigenvalue weighted by Crippen LogP contribution is -2.44. The van der Waals surface area contributed by atoms with Gasteiger partial charge in [-0.1, -0.05) is 42.0 Å². The normalized spacial score (nSPS) is 19.3. The van der Waals surface area contributed by atoms with Crippen molar-refractivity contribution in [3.05, 3.63) is 65.2 Å². The zero-order chi connectivity index (χ0) is 23.8. The summed E-state index contributed by atoms with van der Waals surface area (Å²) in [4.78, 5) is 12.2. The highest BCUT2D eigenvalue weighted by atomic mass is 32.2. The second kappa shape index (κ2) is 9.10. The van der Waals surface area contributed by atoms with Gasteiger partial charge in [-0.3, -0.25) is 4.79 Å². The monoisotopic (exact) mass is 480 g/mol. The Kier molecular flexibility index (Phi) is 6.55. The maximum absolute atomic E-state index is 13.3. The number of amides is 1. The Morgan fingerprint density at radius 3 is 2.18 bits per heavy atom. The number of sulfonamides is 1. The van der Waals surface area contributed by atoms with Gasteiger partial charge in [-0.2, -0.15) is 17.5 Å². The van der Waals surface area contributed by atoms with E-state index in [-0.39, 0.29) is 43.8 Å². The van der Waals surface area contributed by atoms with Crippen LogP contribution < -0.4 is 5.32 Å². The van der Waals surface area contributed by atoms with Gasteiger partial charge in [0.2, 0.25) is 15.9 Å². The van der Waals surface area contributed by atoms with E-state index >= 15 is 0 Å². The van der Waals surface area contributed by atoms with Crippen molar-refractivity contribution in [2.45, 2.75) is 49.7 Å². The minimum absolute atomic E-state index is 0.00520. The van der Waals surface area contributed by atoms with Crippen LogP contribution in [0.2, 0.25) is 0 Å². The molecule has 2 aromatic carbocycles. The molecule has 4 rings (SSSR count). The number of carbonyl (C=O) groups is 1. The maximum Gasteiger partial charge on any atom is 0.417 e. The Morgan fingerprint density at radius 1 is 1.00 bits per heavy atom.